The number of aromatic nitrogens is 1. The van der Waals surface area contributed by atoms with Gasteiger partial charge in [0.15, 0.2) is 0 Å². The molecule has 1 heterocycles. The molecule has 1 aromatic carbocycles. The Balaban J connectivity index is 2.65. The smallest absolute Gasteiger partial charge is 0.258 e. The largest absolute Gasteiger partial charge is 0.272 e. The van der Waals surface area contributed by atoms with E-state index in [9.17, 15) is 14.5 Å². The quantitative estimate of drug-likeness (QED) is 0.470. The SMILES string of the molecule is CCc1cc(Cl)nc(Cl)c1-c1ccc([N+](=O)[O-])cc1F. The van der Waals surface area contributed by atoms with Crippen molar-refractivity contribution < 1.29 is 9.31 Å². The summed E-state index contributed by atoms with van der Waals surface area (Å²) in [7, 11) is 0. The normalized spacial score (nSPS) is 10.6. The first-order valence-electron chi connectivity index (χ1n) is 5.73. The zero-order chi connectivity index (χ0) is 14.9. The van der Waals surface area contributed by atoms with E-state index >= 15 is 0 Å². The fraction of sp³-hybridized carbons (Fsp3) is 0.154. The molecule has 20 heavy (non-hydrogen) atoms. The first-order chi connectivity index (χ1) is 9.43. The van der Waals surface area contributed by atoms with Crippen LogP contribution in [-0.4, -0.2) is 9.91 Å². The minimum Gasteiger partial charge on any atom is -0.258 e. The van der Waals surface area contributed by atoms with Gasteiger partial charge in [-0.05, 0) is 24.1 Å². The number of nitro groups is 1. The van der Waals surface area contributed by atoms with Gasteiger partial charge in [-0.1, -0.05) is 30.1 Å². The predicted octanol–water partition coefficient (Wildman–Crippen LogP) is 4.67. The molecule has 0 saturated heterocycles. The van der Waals surface area contributed by atoms with Gasteiger partial charge < -0.3 is 0 Å². The Kier molecular flexibility index (Phi) is 4.20. The van der Waals surface area contributed by atoms with E-state index in [2.05, 4.69) is 4.98 Å². The Morgan fingerprint density at radius 3 is 2.60 bits per heavy atom. The molecule has 0 saturated carbocycles. The molecule has 0 unspecified atom stereocenters. The lowest BCUT2D eigenvalue weighted by molar-refractivity contribution is -0.385. The monoisotopic (exact) mass is 314 g/mol. The van der Waals surface area contributed by atoms with Gasteiger partial charge in [0.2, 0.25) is 0 Å². The number of hydrogen-bond donors (Lipinski definition) is 0. The predicted molar refractivity (Wildman–Crippen MR) is 75.7 cm³/mol. The Bertz CT molecular complexity index is 692. The molecule has 0 aliphatic rings. The van der Waals surface area contributed by atoms with Gasteiger partial charge in [-0.3, -0.25) is 10.1 Å². The number of pyridine rings is 1. The van der Waals surface area contributed by atoms with E-state index < -0.39 is 10.7 Å². The van der Waals surface area contributed by atoms with E-state index in [1.165, 1.54) is 12.1 Å². The van der Waals surface area contributed by atoms with Crippen LogP contribution in [0.3, 0.4) is 0 Å². The summed E-state index contributed by atoms with van der Waals surface area (Å²) in [6.07, 6.45) is 0.577. The van der Waals surface area contributed by atoms with Crippen molar-refractivity contribution in [3.63, 3.8) is 0 Å². The minimum atomic E-state index is -0.722. The van der Waals surface area contributed by atoms with Crippen LogP contribution in [0, 0.1) is 15.9 Å². The maximum atomic E-state index is 14.1. The van der Waals surface area contributed by atoms with Gasteiger partial charge >= 0.3 is 0 Å². The lowest BCUT2D eigenvalue weighted by Gasteiger charge is -2.11. The molecule has 7 heteroatoms. The van der Waals surface area contributed by atoms with Gasteiger partial charge in [0, 0.05) is 17.2 Å². The molecule has 104 valence electrons. The summed E-state index contributed by atoms with van der Waals surface area (Å²) in [5.74, 6) is -0.722. The van der Waals surface area contributed by atoms with E-state index in [4.69, 9.17) is 23.2 Å². The van der Waals surface area contributed by atoms with Gasteiger partial charge in [-0.15, -0.1) is 0 Å². The van der Waals surface area contributed by atoms with Crippen molar-refractivity contribution >= 4 is 28.9 Å². The average Bonchev–Trinajstić information content (AvgIpc) is 2.38. The zero-order valence-corrected chi connectivity index (χ0v) is 11.9. The Labute approximate surface area is 124 Å². The molecule has 0 radical (unpaired) electrons. The molecule has 0 spiro atoms. The maximum Gasteiger partial charge on any atom is 0.272 e. The minimum absolute atomic E-state index is 0.0714. The van der Waals surface area contributed by atoms with E-state index in [-0.39, 0.29) is 21.6 Å². The summed E-state index contributed by atoms with van der Waals surface area (Å²) in [5, 5.41) is 10.9. The van der Waals surface area contributed by atoms with Crippen LogP contribution in [0.1, 0.15) is 12.5 Å². The second-order valence-electron chi connectivity index (χ2n) is 4.04. The number of nitrogens with zero attached hydrogens (tertiary/aromatic N) is 2. The molecule has 0 fully saturated rings. The highest BCUT2D eigenvalue weighted by molar-refractivity contribution is 6.34. The van der Waals surface area contributed by atoms with Gasteiger partial charge in [-0.2, -0.15) is 0 Å². The third kappa shape index (κ3) is 2.73. The van der Waals surface area contributed by atoms with Gasteiger partial charge in [-0.25, -0.2) is 9.37 Å². The molecule has 0 bridgehead atoms. The van der Waals surface area contributed by atoms with E-state index in [1.54, 1.807) is 6.07 Å². The van der Waals surface area contributed by atoms with Crippen LogP contribution in [0.15, 0.2) is 24.3 Å². The Hall–Kier alpha value is -1.72. The van der Waals surface area contributed by atoms with E-state index in [0.29, 0.717) is 12.0 Å². The number of halogens is 3. The van der Waals surface area contributed by atoms with E-state index in [1.807, 2.05) is 6.92 Å². The third-order valence-corrected chi connectivity index (χ3v) is 3.31. The lowest BCUT2D eigenvalue weighted by atomic mass is 9.99. The lowest BCUT2D eigenvalue weighted by Crippen LogP contribution is -1.96. The number of rotatable bonds is 3. The Morgan fingerprint density at radius 1 is 1.35 bits per heavy atom. The van der Waals surface area contributed by atoms with Crippen LogP contribution in [0.25, 0.3) is 11.1 Å². The van der Waals surface area contributed by atoms with Gasteiger partial charge in [0.25, 0.3) is 5.69 Å². The summed E-state index contributed by atoms with van der Waals surface area (Å²) in [6.45, 7) is 1.87. The standard InChI is InChI=1S/C13H9Cl2FN2O2/c1-2-7-5-11(14)17-13(15)12(7)9-4-3-8(18(19)20)6-10(9)16/h3-6H,2H2,1H3. The average molecular weight is 315 g/mol. The molecule has 4 nitrogen and oxygen atoms in total. The van der Waals surface area contributed by atoms with Crippen LogP contribution < -0.4 is 0 Å². The van der Waals surface area contributed by atoms with Crippen molar-refractivity contribution in [3.05, 3.63) is 56.1 Å². The summed E-state index contributed by atoms with van der Waals surface area (Å²) < 4.78 is 14.1. The molecule has 1 aromatic heterocycles. The number of non-ortho nitro benzene ring substituents is 1. The second-order valence-corrected chi connectivity index (χ2v) is 4.79. The van der Waals surface area contributed by atoms with Crippen LogP contribution in [0.2, 0.25) is 10.3 Å². The zero-order valence-electron chi connectivity index (χ0n) is 10.4. The fourth-order valence-electron chi connectivity index (χ4n) is 1.91. The highest BCUT2D eigenvalue weighted by Crippen LogP contribution is 2.35. The molecular formula is C13H9Cl2FN2O2. The van der Waals surface area contributed by atoms with Crippen LogP contribution in [-0.2, 0) is 6.42 Å². The second kappa shape index (κ2) is 5.73. The molecule has 0 N–H and O–H groups in total. The van der Waals surface area contributed by atoms with Gasteiger partial charge in [0.05, 0.1) is 11.0 Å². The van der Waals surface area contributed by atoms with Crippen LogP contribution >= 0.6 is 23.2 Å². The molecule has 0 amide bonds. The topological polar surface area (TPSA) is 56.0 Å². The summed E-state index contributed by atoms with van der Waals surface area (Å²) in [4.78, 5) is 13.8. The summed E-state index contributed by atoms with van der Waals surface area (Å²) in [5.41, 5.74) is 0.984. The summed E-state index contributed by atoms with van der Waals surface area (Å²) in [6, 6.07) is 5.01. The van der Waals surface area contributed by atoms with Crippen LogP contribution in [0.5, 0.6) is 0 Å². The van der Waals surface area contributed by atoms with Crippen molar-refractivity contribution in [1.29, 1.82) is 0 Å². The van der Waals surface area contributed by atoms with Crippen LogP contribution in [0.4, 0.5) is 10.1 Å². The fourth-order valence-corrected chi connectivity index (χ4v) is 2.49. The molecule has 0 atom stereocenters. The van der Waals surface area contributed by atoms with Gasteiger partial charge in [0.1, 0.15) is 16.1 Å². The van der Waals surface area contributed by atoms with Crippen molar-refractivity contribution in [3.8, 4) is 11.1 Å². The number of aryl methyl sites for hydroxylation is 1. The highest BCUT2D eigenvalue weighted by Gasteiger charge is 2.18. The number of nitro benzene ring substituents is 1. The van der Waals surface area contributed by atoms with Crippen molar-refractivity contribution in [2.75, 3.05) is 0 Å². The number of hydrogen-bond acceptors (Lipinski definition) is 3. The summed E-state index contributed by atoms with van der Waals surface area (Å²) >= 11 is 11.8. The van der Waals surface area contributed by atoms with Crippen molar-refractivity contribution in [2.24, 2.45) is 0 Å². The molecule has 2 aromatic rings. The first kappa shape index (κ1) is 14.7. The highest BCUT2D eigenvalue weighted by atomic mass is 35.5. The molecule has 0 aliphatic carbocycles. The number of benzene rings is 1. The van der Waals surface area contributed by atoms with Crippen molar-refractivity contribution in [2.45, 2.75) is 13.3 Å². The first-order valence-corrected chi connectivity index (χ1v) is 6.48. The van der Waals surface area contributed by atoms with E-state index in [0.717, 1.165) is 11.6 Å². The molecule has 2 rings (SSSR count). The third-order valence-electron chi connectivity index (χ3n) is 2.84. The maximum absolute atomic E-state index is 14.1. The van der Waals surface area contributed by atoms with Crippen molar-refractivity contribution in [1.82, 2.24) is 4.98 Å². The molecule has 0 aliphatic heterocycles. The molecular weight excluding hydrogens is 306 g/mol. The Morgan fingerprint density at radius 2 is 2.05 bits per heavy atom.